The topological polar surface area (TPSA) is 74.2 Å². The number of hydrogen-bond donors (Lipinski definition) is 1. The molecule has 0 aliphatic rings. The molecule has 0 saturated carbocycles. The van der Waals surface area contributed by atoms with E-state index in [2.05, 4.69) is 10.1 Å². The molecule has 78 valence electrons. The molecule has 0 radical (unpaired) electrons. The quantitative estimate of drug-likeness (QED) is 0.769. The fourth-order valence-electron chi connectivity index (χ4n) is 1.11. The van der Waals surface area contributed by atoms with Crippen LogP contribution in [0.15, 0.2) is 28.8 Å². The van der Waals surface area contributed by atoms with Crippen molar-refractivity contribution < 1.29 is 9.26 Å². The average molecular weight is 205 g/mol. The second kappa shape index (κ2) is 4.00. The van der Waals surface area contributed by atoms with Gasteiger partial charge < -0.3 is 15.0 Å². The van der Waals surface area contributed by atoms with Crippen molar-refractivity contribution >= 4 is 5.69 Å². The molecule has 2 rings (SSSR count). The van der Waals surface area contributed by atoms with E-state index in [1.807, 2.05) is 0 Å². The van der Waals surface area contributed by atoms with Crippen LogP contribution in [-0.2, 0) is 6.61 Å². The highest BCUT2D eigenvalue weighted by Gasteiger charge is 2.02. The Morgan fingerprint density at radius 2 is 2.07 bits per heavy atom. The summed E-state index contributed by atoms with van der Waals surface area (Å²) in [5.41, 5.74) is 6.25. The zero-order valence-electron chi connectivity index (χ0n) is 8.30. The van der Waals surface area contributed by atoms with Crippen molar-refractivity contribution in [3.63, 3.8) is 0 Å². The van der Waals surface area contributed by atoms with Crippen LogP contribution in [0.3, 0.4) is 0 Å². The lowest BCUT2D eigenvalue weighted by Crippen LogP contribution is -1.95. The van der Waals surface area contributed by atoms with Gasteiger partial charge in [0, 0.05) is 5.69 Å². The molecule has 0 fully saturated rings. The largest absolute Gasteiger partial charge is 0.484 e. The predicted octanol–water partition coefficient (Wildman–Crippen LogP) is 1.54. The Hall–Kier alpha value is -2.04. The van der Waals surface area contributed by atoms with E-state index in [9.17, 15) is 0 Å². The van der Waals surface area contributed by atoms with Crippen LogP contribution in [0.2, 0.25) is 0 Å². The first-order chi connectivity index (χ1) is 7.24. The molecule has 15 heavy (non-hydrogen) atoms. The van der Waals surface area contributed by atoms with Crippen molar-refractivity contribution in [2.45, 2.75) is 13.5 Å². The van der Waals surface area contributed by atoms with E-state index in [-0.39, 0.29) is 6.61 Å². The van der Waals surface area contributed by atoms with E-state index in [0.717, 1.165) is 5.75 Å². The van der Waals surface area contributed by atoms with Crippen molar-refractivity contribution in [3.05, 3.63) is 36.0 Å². The van der Waals surface area contributed by atoms with Gasteiger partial charge in [0.15, 0.2) is 12.4 Å². The molecule has 0 aliphatic heterocycles. The molecule has 1 aromatic carbocycles. The molecule has 2 N–H and O–H groups in total. The van der Waals surface area contributed by atoms with Gasteiger partial charge in [0.1, 0.15) is 5.75 Å². The molecule has 0 saturated heterocycles. The van der Waals surface area contributed by atoms with E-state index in [1.165, 1.54) is 0 Å². The Balaban J connectivity index is 1.96. The monoisotopic (exact) mass is 205 g/mol. The Morgan fingerprint density at radius 3 is 2.67 bits per heavy atom. The maximum atomic E-state index is 5.54. The lowest BCUT2D eigenvalue weighted by atomic mass is 10.3. The Labute approximate surface area is 86.9 Å². The maximum Gasteiger partial charge on any atom is 0.264 e. The third kappa shape index (κ3) is 2.46. The first-order valence-corrected chi connectivity index (χ1v) is 4.51. The minimum absolute atomic E-state index is 0.269. The van der Waals surface area contributed by atoms with Gasteiger partial charge in [-0.15, -0.1) is 0 Å². The number of nitrogens with two attached hydrogens (primary N) is 1. The third-order valence-corrected chi connectivity index (χ3v) is 1.81. The minimum atomic E-state index is 0.269. The van der Waals surface area contributed by atoms with E-state index in [1.54, 1.807) is 31.2 Å². The van der Waals surface area contributed by atoms with Crippen LogP contribution >= 0.6 is 0 Å². The highest BCUT2D eigenvalue weighted by molar-refractivity contribution is 5.41. The zero-order chi connectivity index (χ0) is 10.7. The van der Waals surface area contributed by atoms with Gasteiger partial charge in [-0.2, -0.15) is 4.98 Å². The summed E-state index contributed by atoms with van der Waals surface area (Å²) in [5.74, 6) is 1.79. The molecule has 0 aliphatic carbocycles. The molecule has 0 atom stereocenters. The first-order valence-electron chi connectivity index (χ1n) is 4.51. The maximum absolute atomic E-state index is 5.54. The standard InChI is InChI=1S/C10H11N3O2/c1-7-12-10(15-13-7)6-14-9-4-2-8(11)3-5-9/h2-5H,6,11H2,1H3. The van der Waals surface area contributed by atoms with Crippen LogP contribution < -0.4 is 10.5 Å². The molecular weight excluding hydrogens is 194 g/mol. The predicted molar refractivity (Wildman–Crippen MR) is 54.2 cm³/mol. The summed E-state index contributed by atoms with van der Waals surface area (Å²) >= 11 is 0. The van der Waals surface area contributed by atoms with Crippen LogP contribution in [0, 0.1) is 6.92 Å². The van der Waals surface area contributed by atoms with Crippen LogP contribution in [-0.4, -0.2) is 10.1 Å². The zero-order valence-corrected chi connectivity index (χ0v) is 8.30. The lowest BCUT2D eigenvalue weighted by molar-refractivity contribution is 0.242. The number of nitrogen functional groups attached to an aromatic ring is 1. The van der Waals surface area contributed by atoms with Gasteiger partial charge >= 0.3 is 0 Å². The molecular formula is C10H11N3O2. The first kappa shape index (κ1) is 9.51. The molecule has 5 heteroatoms. The van der Waals surface area contributed by atoms with Crippen molar-refractivity contribution in [3.8, 4) is 5.75 Å². The van der Waals surface area contributed by atoms with E-state index in [4.69, 9.17) is 15.0 Å². The fourth-order valence-corrected chi connectivity index (χ4v) is 1.11. The van der Waals surface area contributed by atoms with E-state index >= 15 is 0 Å². The van der Waals surface area contributed by atoms with Crippen molar-refractivity contribution in [2.75, 3.05) is 5.73 Å². The molecule has 1 aromatic heterocycles. The highest BCUT2D eigenvalue weighted by Crippen LogP contribution is 2.14. The number of aromatic nitrogens is 2. The lowest BCUT2D eigenvalue weighted by Gasteiger charge is -2.02. The molecule has 2 aromatic rings. The smallest absolute Gasteiger partial charge is 0.264 e. The molecule has 0 spiro atoms. The van der Waals surface area contributed by atoms with Gasteiger partial charge in [0.25, 0.3) is 5.89 Å². The summed E-state index contributed by atoms with van der Waals surface area (Å²) in [5, 5.41) is 3.66. The van der Waals surface area contributed by atoms with Crippen molar-refractivity contribution in [2.24, 2.45) is 0 Å². The normalized spacial score (nSPS) is 10.2. The summed E-state index contributed by atoms with van der Waals surface area (Å²) in [6, 6.07) is 7.12. The van der Waals surface area contributed by atoms with Crippen LogP contribution in [0.25, 0.3) is 0 Å². The molecule has 0 amide bonds. The highest BCUT2D eigenvalue weighted by atomic mass is 16.5. The van der Waals surface area contributed by atoms with Gasteiger partial charge in [-0.3, -0.25) is 0 Å². The minimum Gasteiger partial charge on any atom is -0.484 e. The summed E-state index contributed by atoms with van der Waals surface area (Å²) < 4.78 is 10.3. The summed E-state index contributed by atoms with van der Waals surface area (Å²) in [4.78, 5) is 4.02. The van der Waals surface area contributed by atoms with Crippen molar-refractivity contribution in [1.29, 1.82) is 0 Å². The van der Waals surface area contributed by atoms with Gasteiger partial charge in [0.2, 0.25) is 0 Å². The molecule has 1 heterocycles. The number of rotatable bonds is 3. The van der Waals surface area contributed by atoms with E-state index in [0.29, 0.717) is 17.4 Å². The fraction of sp³-hybridized carbons (Fsp3) is 0.200. The number of anilines is 1. The summed E-state index contributed by atoms with van der Waals surface area (Å²) in [7, 11) is 0. The van der Waals surface area contributed by atoms with Crippen LogP contribution in [0.1, 0.15) is 11.7 Å². The Morgan fingerprint density at radius 1 is 1.33 bits per heavy atom. The van der Waals surface area contributed by atoms with Gasteiger partial charge in [-0.05, 0) is 31.2 Å². The number of nitrogens with zero attached hydrogens (tertiary/aromatic N) is 2. The van der Waals surface area contributed by atoms with Gasteiger partial charge in [0.05, 0.1) is 0 Å². The number of ether oxygens (including phenoxy) is 1. The average Bonchev–Trinajstić information content (AvgIpc) is 2.64. The number of aryl methyl sites for hydroxylation is 1. The molecule has 0 bridgehead atoms. The SMILES string of the molecule is Cc1noc(COc2ccc(N)cc2)n1. The van der Waals surface area contributed by atoms with Crippen LogP contribution in [0.5, 0.6) is 5.75 Å². The van der Waals surface area contributed by atoms with Gasteiger partial charge in [-0.1, -0.05) is 5.16 Å². The molecule has 0 unspecified atom stereocenters. The van der Waals surface area contributed by atoms with Crippen molar-refractivity contribution in [1.82, 2.24) is 10.1 Å². The number of benzene rings is 1. The molecule has 5 nitrogen and oxygen atoms in total. The van der Waals surface area contributed by atoms with E-state index < -0.39 is 0 Å². The summed E-state index contributed by atoms with van der Waals surface area (Å²) in [6.07, 6.45) is 0. The summed E-state index contributed by atoms with van der Waals surface area (Å²) in [6.45, 7) is 2.03. The second-order valence-corrected chi connectivity index (χ2v) is 3.09. The Bertz CT molecular complexity index is 436. The Kier molecular flexibility index (Phi) is 2.53. The van der Waals surface area contributed by atoms with Crippen LogP contribution in [0.4, 0.5) is 5.69 Å². The van der Waals surface area contributed by atoms with Gasteiger partial charge in [-0.25, -0.2) is 0 Å². The second-order valence-electron chi connectivity index (χ2n) is 3.09. The number of hydrogen-bond acceptors (Lipinski definition) is 5. The third-order valence-electron chi connectivity index (χ3n) is 1.81.